The summed E-state index contributed by atoms with van der Waals surface area (Å²) >= 11 is 3.06. The molecule has 1 aromatic carbocycles. The molecule has 3 heterocycles. The molecule has 27 heavy (non-hydrogen) atoms. The lowest BCUT2D eigenvalue weighted by molar-refractivity contribution is -0.118. The second-order valence-corrected chi connectivity index (χ2v) is 8.55. The van der Waals surface area contributed by atoms with Crippen molar-refractivity contribution in [1.82, 2.24) is 19.9 Å². The largest absolute Gasteiger partial charge is 0.350 e. The molecule has 5 nitrogen and oxygen atoms in total. The van der Waals surface area contributed by atoms with Gasteiger partial charge in [-0.1, -0.05) is 30.0 Å². The fourth-order valence-electron chi connectivity index (χ4n) is 3.18. The van der Waals surface area contributed by atoms with Crippen LogP contribution in [-0.4, -0.2) is 26.3 Å². The zero-order valence-electron chi connectivity index (χ0n) is 15.4. The Morgan fingerprint density at radius 2 is 1.96 bits per heavy atom. The third-order valence-corrected chi connectivity index (χ3v) is 6.38. The molecule has 0 radical (unpaired) electrons. The highest BCUT2D eigenvalue weighted by molar-refractivity contribution is 7.99. The maximum absolute atomic E-state index is 12.2. The third kappa shape index (κ3) is 3.44. The molecule has 0 aliphatic rings. The Kier molecular flexibility index (Phi) is 4.88. The molecule has 0 spiro atoms. The monoisotopic (exact) mass is 396 g/mol. The smallest absolute Gasteiger partial charge is 0.230 e. The minimum Gasteiger partial charge on any atom is -0.350 e. The molecular weight excluding hydrogens is 376 g/mol. The van der Waals surface area contributed by atoms with E-state index in [4.69, 9.17) is 0 Å². The molecule has 3 aromatic heterocycles. The van der Waals surface area contributed by atoms with Crippen LogP contribution in [0.5, 0.6) is 0 Å². The van der Waals surface area contributed by atoms with Crippen molar-refractivity contribution in [2.24, 2.45) is 0 Å². The number of nitrogens with zero attached hydrogens (tertiary/aromatic N) is 3. The molecule has 0 saturated carbocycles. The van der Waals surface area contributed by atoms with Gasteiger partial charge in [0.2, 0.25) is 5.91 Å². The Bertz CT molecular complexity index is 1130. The van der Waals surface area contributed by atoms with Crippen LogP contribution in [-0.2, 0) is 11.3 Å². The van der Waals surface area contributed by atoms with Gasteiger partial charge in [-0.05, 0) is 55.0 Å². The van der Waals surface area contributed by atoms with Gasteiger partial charge < -0.3 is 5.32 Å². The summed E-state index contributed by atoms with van der Waals surface area (Å²) in [6, 6.07) is 10.4. The highest BCUT2D eigenvalue weighted by atomic mass is 32.2. The van der Waals surface area contributed by atoms with Gasteiger partial charge in [0.15, 0.2) is 10.8 Å². The quantitative estimate of drug-likeness (QED) is 0.512. The van der Waals surface area contributed by atoms with E-state index >= 15 is 0 Å². The average molecular weight is 397 g/mol. The molecule has 0 bridgehead atoms. The van der Waals surface area contributed by atoms with Gasteiger partial charge in [0.05, 0.1) is 17.8 Å². The fraction of sp³-hybridized carbons (Fsp3) is 0.250. The zero-order chi connectivity index (χ0) is 19.0. The van der Waals surface area contributed by atoms with E-state index in [9.17, 15) is 4.79 Å². The Hall–Kier alpha value is -2.38. The van der Waals surface area contributed by atoms with Crippen LogP contribution in [0.2, 0.25) is 0 Å². The molecule has 4 rings (SSSR count). The fourth-order valence-corrected chi connectivity index (χ4v) is 4.59. The van der Waals surface area contributed by atoms with Crippen molar-refractivity contribution in [3.63, 3.8) is 0 Å². The molecule has 0 atom stereocenters. The molecule has 1 amide bonds. The standard InChI is InChI=1S/C20H20N4OS2/c1-12-6-7-13(2)18-16(12)9-14(3)19-22-23-20(24(18)19)27-11-17(25)21-10-15-5-4-8-26-15/h4-9H,10-11H2,1-3H3,(H,21,25). The molecule has 7 heteroatoms. The predicted molar refractivity (Wildman–Crippen MR) is 112 cm³/mol. The normalized spacial score (nSPS) is 11.4. The Balaban J connectivity index is 1.62. The van der Waals surface area contributed by atoms with E-state index in [0.717, 1.165) is 26.8 Å². The Morgan fingerprint density at radius 1 is 1.15 bits per heavy atom. The van der Waals surface area contributed by atoms with Gasteiger partial charge in [0.25, 0.3) is 0 Å². The van der Waals surface area contributed by atoms with Crippen LogP contribution in [0.1, 0.15) is 21.6 Å². The first kappa shape index (κ1) is 18.0. The molecule has 4 aromatic rings. The first-order valence-electron chi connectivity index (χ1n) is 8.71. The second kappa shape index (κ2) is 7.32. The molecule has 0 saturated heterocycles. The van der Waals surface area contributed by atoms with Gasteiger partial charge in [-0.2, -0.15) is 0 Å². The third-order valence-electron chi connectivity index (χ3n) is 4.58. The molecular formula is C20H20N4OS2. The Labute approximate surface area is 165 Å². The second-order valence-electron chi connectivity index (χ2n) is 6.58. The van der Waals surface area contributed by atoms with Gasteiger partial charge in [0.1, 0.15) is 0 Å². The molecule has 138 valence electrons. The van der Waals surface area contributed by atoms with Crippen LogP contribution in [0.4, 0.5) is 0 Å². The van der Waals surface area contributed by atoms with Crippen molar-refractivity contribution in [2.75, 3.05) is 5.75 Å². The van der Waals surface area contributed by atoms with E-state index in [-0.39, 0.29) is 5.91 Å². The summed E-state index contributed by atoms with van der Waals surface area (Å²) in [6.07, 6.45) is 0. The van der Waals surface area contributed by atoms with E-state index in [1.807, 2.05) is 24.4 Å². The van der Waals surface area contributed by atoms with E-state index in [1.165, 1.54) is 28.3 Å². The lowest BCUT2D eigenvalue weighted by Gasteiger charge is -2.11. The number of amides is 1. The Morgan fingerprint density at radius 3 is 2.74 bits per heavy atom. The zero-order valence-corrected chi connectivity index (χ0v) is 17.1. The summed E-state index contributed by atoms with van der Waals surface area (Å²) in [4.78, 5) is 13.4. The molecule has 0 unspecified atom stereocenters. The molecule has 0 fully saturated rings. The number of benzene rings is 1. The van der Waals surface area contributed by atoms with E-state index in [0.29, 0.717) is 12.3 Å². The molecule has 0 aliphatic carbocycles. The minimum absolute atomic E-state index is 0.00462. The van der Waals surface area contributed by atoms with Gasteiger partial charge >= 0.3 is 0 Å². The van der Waals surface area contributed by atoms with E-state index < -0.39 is 0 Å². The summed E-state index contributed by atoms with van der Waals surface area (Å²) in [7, 11) is 0. The van der Waals surface area contributed by atoms with Gasteiger partial charge in [0, 0.05) is 10.3 Å². The maximum Gasteiger partial charge on any atom is 0.230 e. The van der Waals surface area contributed by atoms with Crippen molar-refractivity contribution >= 4 is 45.6 Å². The van der Waals surface area contributed by atoms with Crippen molar-refractivity contribution in [3.05, 3.63) is 57.3 Å². The number of pyridine rings is 1. The van der Waals surface area contributed by atoms with E-state index in [1.54, 1.807) is 11.3 Å². The predicted octanol–water partition coefficient (Wildman–Crippen LogP) is 4.28. The van der Waals surface area contributed by atoms with E-state index in [2.05, 4.69) is 52.0 Å². The number of aryl methyl sites for hydroxylation is 3. The number of hydrogen-bond donors (Lipinski definition) is 1. The number of fused-ring (bicyclic) bond motifs is 3. The first-order chi connectivity index (χ1) is 13.0. The minimum atomic E-state index is -0.00462. The van der Waals surface area contributed by atoms with Crippen LogP contribution in [0.15, 0.2) is 40.9 Å². The number of nitrogens with one attached hydrogen (secondary N) is 1. The summed E-state index contributed by atoms with van der Waals surface area (Å²) in [5.74, 6) is 0.307. The van der Waals surface area contributed by atoms with Gasteiger partial charge in [-0.25, -0.2) is 0 Å². The van der Waals surface area contributed by atoms with Crippen LogP contribution in [0, 0.1) is 20.8 Å². The highest BCUT2D eigenvalue weighted by Crippen LogP contribution is 2.29. The summed E-state index contributed by atoms with van der Waals surface area (Å²) in [6.45, 7) is 6.83. The topological polar surface area (TPSA) is 59.3 Å². The maximum atomic E-state index is 12.2. The number of thioether (sulfide) groups is 1. The number of aromatic nitrogens is 3. The van der Waals surface area contributed by atoms with Crippen molar-refractivity contribution in [1.29, 1.82) is 0 Å². The number of rotatable bonds is 5. The van der Waals surface area contributed by atoms with Crippen LogP contribution in [0.25, 0.3) is 16.6 Å². The summed E-state index contributed by atoms with van der Waals surface area (Å²) in [5.41, 5.74) is 5.43. The summed E-state index contributed by atoms with van der Waals surface area (Å²) in [5, 5.41) is 15.6. The lowest BCUT2D eigenvalue weighted by atomic mass is 10.0. The number of carbonyl (C=O) groups excluding carboxylic acids is 1. The van der Waals surface area contributed by atoms with Gasteiger partial charge in [-0.15, -0.1) is 21.5 Å². The van der Waals surface area contributed by atoms with Crippen LogP contribution < -0.4 is 5.32 Å². The van der Waals surface area contributed by atoms with Gasteiger partial charge in [-0.3, -0.25) is 9.20 Å². The number of hydrogen-bond acceptors (Lipinski definition) is 5. The van der Waals surface area contributed by atoms with Crippen molar-refractivity contribution in [2.45, 2.75) is 32.5 Å². The average Bonchev–Trinajstić information content (AvgIpc) is 3.31. The SMILES string of the molecule is Cc1ccc(C)c2c1cc(C)c1nnc(SCC(=O)NCc3cccs3)n12. The molecule has 1 N–H and O–H groups in total. The molecule has 0 aliphatic heterocycles. The summed E-state index contributed by atoms with van der Waals surface area (Å²) < 4.78 is 2.09. The lowest BCUT2D eigenvalue weighted by Crippen LogP contribution is -2.24. The first-order valence-corrected chi connectivity index (χ1v) is 10.6. The van der Waals surface area contributed by atoms with Crippen molar-refractivity contribution in [3.8, 4) is 0 Å². The highest BCUT2D eigenvalue weighted by Gasteiger charge is 2.16. The van der Waals surface area contributed by atoms with Crippen LogP contribution in [0.3, 0.4) is 0 Å². The number of carbonyl (C=O) groups is 1. The number of thiophene rings is 1. The van der Waals surface area contributed by atoms with Crippen molar-refractivity contribution < 1.29 is 4.79 Å². The van der Waals surface area contributed by atoms with Crippen LogP contribution >= 0.6 is 23.1 Å².